The normalized spacial score (nSPS) is 11.1. The molecular weight excluding hydrogens is 376 g/mol. The van der Waals surface area contributed by atoms with E-state index >= 15 is 0 Å². The van der Waals surface area contributed by atoms with Crippen molar-refractivity contribution in [2.45, 2.75) is 40.2 Å². The number of carbonyl (C=O) groups is 1. The van der Waals surface area contributed by atoms with Crippen LogP contribution in [0.25, 0.3) is 0 Å². The van der Waals surface area contributed by atoms with E-state index in [-0.39, 0.29) is 5.91 Å². The maximum atomic E-state index is 12.2. The van der Waals surface area contributed by atoms with E-state index in [0.29, 0.717) is 18.7 Å². The summed E-state index contributed by atoms with van der Waals surface area (Å²) >= 11 is 0. The van der Waals surface area contributed by atoms with Crippen LogP contribution in [0.5, 0.6) is 5.75 Å². The molecule has 0 heterocycles. The van der Waals surface area contributed by atoms with Crippen LogP contribution in [-0.4, -0.2) is 38.6 Å². The van der Waals surface area contributed by atoms with Crippen molar-refractivity contribution in [2.75, 3.05) is 26.7 Å². The Kier molecular flexibility index (Phi) is 9.71. The number of ether oxygens (including phenoxy) is 1. The zero-order chi connectivity index (χ0) is 21.8. The van der Waals surface area contributed by atoms with Crippen LogP contribution >= 0.6 is 0 Å². The van der Waals surface area contributed by atoms with E-state index in [2.05, 4.69) is 39.1 Å². The number of nitrogens with one attached hydrogen (secondary N) is 3. The minimum atomic E-state index is -0.0405. The van der Waals surface area contributed by atoms with Crippen LogP contribution in [0.1, 0.15) is 47.3 Å². The Morgan fingerprint density at radius 1 is 1.00 bits per heavy atom. The summed E-state index contributed by atoms with van der Waals surface area (Å²) in [6.45, 7) is 8.85. The standard InChI is InChI=1S/C24H34N4O2/c1-5-13-26-23(29)21-9-7-8-20(15-21)17-28-24(25-6-2)27-14-12-19-11-10-18(3)22(16-19)30-4/h7-11,15-16H,5-6,12-14,17H2,1-4H3,(H,26,29)(H2,25,27,28). The lowest BCUT2D eigenvalue weighted by Gasteiger charge is -2.12. The molecule has 1 amide bonds. The summed E-state index contributed by atoms with van der Waals surface area (Å²) in [6.07, 6.45) is 1.79. The Labute approximate surface area is 180 Å². The van der Waals surface area contributed by atoms with Gasteiger partial charge in [-0.1, -0.05) is 31.2 Å². The first kappa shape index (κ1) is 23.3. The van der Waals surface area contributed by atoms with Gasteiger partial charge in [0.2, 0.25) is 0 Å². The summed E-state index contributed by atoms with van der Waals surface area (Å²) in [5.41, 5.74) is 4.02. The molecule has 0 aliphatic rings. The molecule has 6 heteroatoms. The molecule has 0 saturated carbocycles. The second kappa shape index (κ2) is 12.5. The van der Waals surface area contributed by atoms with Gasteiger partial charge < -0.3 is 20.7 Å². The Hall–Kier alpha value is -3.02. The van der Waals surface area contributed by atoms with Gasteiger partial charge in [0, 0.05) is 25.2 Å². The number of aryl methyl sites for hydroxylation is 1. The molecule has 0 fully saturated rings. The third kappa shape index (κ3) is 7.43. The number of nitrogens with zero attached hydrogens (tertiary/aromatic N) is 1. The average molecular weight is 411 g/mol. The molecule has 162 valence electrons. The highest BCUT2D eigenvalue weighted by atomic mass is 16.5. The third-order valence-corrected chi connectivity index (χ3v) is 4.67. The molecule has 3 N–H and O–H groups in total. The smallest absolute Gasteiger partial charge is 0.251 e. The van der Waals surface area contributed by atoms with Crippen molar-refractivity contribution < 1.29 is 9.53 Å². The molecule has 2 aromatic rings. The zero-order valence-corrected chi connectivity index (χ0v) is 18.5. The quantitative estimate of drug-likeness (QED) is 0.414. The number of hydrogen-bond acceptors (Lipinski definition) is 3. The summed E-state index contributed by atoms with van der Waals surface area (Å²) in [5, 5.41) is 9.55. The van der Waals surface area contributed by atoms with Crippen molar-refractivity contribution >= 4 is 11.9 Å². The van der Waals surface area contributed by atoms with Gasteiger partial charge in [-0.25, -0.2) is 4.99 Å². The monoisotopic (exact) mass is 410 g/mol. The third-order valence-electron chi connectivity index (χ3n) is 4.67. The SMILES string of the molecule is CCCNC(=O)c1cccc(CN=C(NCC)NCCc2ccc(C)c(OC)c2)c1. The zero-order valence-electron chi connectivity index (χ0n) is 18.5. The number of guanidine groups is 1. The van der Waals surface area contributed by atoms with E-state index in [1.54, 1.807) is 7.11 Å². The molecule has 0 unspecified atom stereocenters. The number of carbonyl (C=O) groups excluding carboxylic acids is 1. The fourth-order valence-electron chi connectivity index (χ4n) is 3.01. The van der Waals surface area contributed by atoms with Gasteiger partial charge in [0.05, 0.1) is 13.7 Å². The molecule has 2 aromatic carbocycles. The highest BCUT2D eigenvalue weighted by Gasteiger charge is 2.06. The minimum Gasteiger partial charge on any atom is -0.496 e. The first-order chi connectivity index (χ1) is 14.6. The molecule has 0 spiro atoms. The lowest BCUT2D eigenvalue weighted by molar-refractivity contribution is 0.0953. The second-order valence-corrected chi connectivity index (χ2v) is 7.13. The van der Waals surface area contributed by atoms with Crippen LogP contribution in [-0.2, 0) is 13.0 Å². The predicted molar refractivity (Wildman–Crippen MR) is 123 cm³/mol. The highest BCUT2D eigenvalue weighted by molar-refractivity contribution is 5.94. The Balaban J connectivity index is 1.95. The summed E-state index contributed by atoms with van der Waals surface area (Å²) in [4.78, 5) is 16.8. The molecule has 0 atom stereocenters. The molecule has 0 radical (unpaired) electrons. The molecule has 30 heavy (non-hydrogen) atoms. The van der Waals surface area contributed by atoms with Gasteiger partial charge in [0.25, 0.3) is 5.91 Å². The predicted octanol–water partition coefficient (Wildman–Crippen LogP) is 3.44. The van der Waals surface area contributed by atoms with Gasteiger partial charge in [0.15, 0.2) is 5.96 Å². The number of amides is 1. The number of methoxy groups -OCH3 is 1. The van der Waals surface area contributed by atoms with Crippen LogP contribution < -0.4 is 20.7 Å². The van der Waals surface area contributed by atoms with Crippen LogP contribution in [0, 0.1) is 6.92 Å². The van der Waals surface area contributed by atoms with Crippen molar-refractivity contribution in [1.29, 1.82) is 0 Å². The Morgan fingerprint density at radius 2 is 1.83 bits per heavy atom. The Morgan fingerprint density at radius 3 is 2.57 bits per heavy atom. The molecule has 0 aliphatic carbocycles. The van der Waals surface area contributed by atoms with E-state index in [1.807, 2.05) is 45.0 Å². The molecule has 0 bridgehead atoms. The van der Waals surface area contributed by atoms with Gasteiger partial charge in [0.1, 0.15) is 5.75 Å². The topological polar surface area (TPSA) is 74.8 Å². The fourth-order valence-corrected chi connectivity index (χ4v) is 3.01. The molecular formula is C24H34N4O2. The van der Waals surface area contributed by atoms with Gasteiger partial charge in [-0.05, 0) is 61.6 Å². The van der Waals surface area contributed by atoms with Gasteiger partial charge >= 0.3 is 0 Å². The van der Waals surface area contributed by atoms with Crippen LogP contribution in [0.3, 0.4) is 0 Å². The first-order valence-corrected chi connectivity index (χ1v) is 10.6. The van der Waals surface area contributed by atoms with Crippen LogP contribution in [0.2, 0.25) is 0 Å². The lowest BCUT2D eigenvalue weighted by atomic mass is 10.1. The highest BCUT2D eigenvalue weighted by Crippen LogP contribution is 2.19. The second-order valence-electron chi connectivity index (χ2n) is 7.13. The van der Waals surface area contributed by atoms with Gasteiger partial charge in [-0.3, -0.25) is 4.79 Å². The van der Waals surface area contributed by atoms with E-state index in [4.69, 9.17) is 4.74 Å². The summed E-state index contributed by atoms with van der Waals surface area (Å²) < 4.78 is 5.40. The first-order valence-electron chi connectivity index (χ1n) is 10.6. The van der Waals surface area contributed by atoms with Crippen molar-refractivity contribution in [3.05, 3.63) is 64.7 Å². The Bertz CT molecular complexity index is 849. The van der Waals surface area contributed by atoms with Gasteiger partial charge in [-0.2, -0.15) is 0 Å². The van der Waals surface area contributed by atoms with E-state index < -0.39 is 0 Å². The van der Waals surface area contributed by atoms with Gasteiger partial charge in [-0.15, -0.1) is 0 Å². The molecule has 6 nitrogen and oxygen atoms in total. The van der Waals surface area contributed by atoms with E-state index in [0.717, 1.165) is 48.8 Å². The number of benzene rings is 2. The maximum Gasteiger partial charge on any atom is 0.251 e. The van der Waals surface area contributed by atoms with Crippen LogP contribution in [0.4, 0.5) is 0 Å². The summed E-state index contributed by atoms with van der Waals surface area (Å²) in [7, 11) is 1.70. The van der Waals surface area contributed by atoms with Crippen molar-refractivity contribution in [2.24, 2.45) is 4.99 Å². The minimum absolute atomic E-state index is 0.0405. The number of aliphatic imine (C=N–C) groups is 1. The maximum absolute atomic E-state index is 12.2. The molecule has 0 aliphatic heterocycles. The van der Waals surface area contributed by atoms with Crippen LogP contribution in [0.15, 0.2) is 47.5 Å². The molecule has 0 aromatic heterocycles. The largest absolute Gasteiger partial charge is 0.496 e. The van der Waals surface area contributed by atoms with E-state index in [1.165, 1.54) is 5.56 Å². The van der Waals surface area contributed by atoms with Crippen molar-refractivity contribution in [3.8, 4) is 5.75 Å². The molecule has 0 saturated heterocycles. The van der Waals surface area contributed by atoms with E-state index in [9.17, 15) is 4.79 Å². The lowest BCUT2D eigenvalue weighted by Crippen LogP contribution is -2.38. The number of hydrogen-bond donors (Lipinski definition) is 3. The van der Waals surface area contributed by atoms with Crippen molar-refractivity contribution in [1.82, 2.24) is 16.0 Å². The average Bonchev–Trinajstić information content (AvgIpc) is 2.77. The number of rotatable bonds is 10. The summed E-state index contributed by atoms with van der Waals surface area (Å²) in [6, 6.07) is 13.9. The summed E-state index contributed by atoms with van der Waals surface area (Å²) in [5.74, 6) is 1.63. The molecule has 2 rings (SSSR count). The fraction of sp³-hybridized carbons (Fsp3) is 0.417. The van der Waals surface area contributed by atoms with Crippen molar-refractivity contribution in [3.63, 3.8) is 0 Å².